The minimum absolute atomic E-state index is 0.379. The molecule has 0 radical (unpaired) electrons. The highest BCUT2D eigenvalue weighted by molar-refractivity contribution is 8.01. The minimum atomic E-state index is -1.54. The third kappa shape index (κ3) is 6.10. The summed E-state index contributed by atoms with van der Waals surface area (Å²) in [6, 6.07) is -2.30. The molecule has 8 atom stereocenters. The van der Waals surface area contributed by atoms with Crippen LogP contribution in [0.5, 0.6) is 0 Å². The molecule has 0 saturated carbocycles. The van der Waals surface area contributed by atoms with E-state index in [1.54, 1.807) is 13.8 Å². The molecule has 0 bridgehead atoms. The Morgan fingerprint density at radius 2 is 1.52 bits per heavy atom. The summed E-state index contributed by atoms with van der Waals surface area (Å²) in [6.07, 6.45) is -7.28. The molecule has 3 fully saturated rings. The van der Waals surface area contributed by atoms with Gasteiger partial charge in [-0.3, -0.25) is 24.0 Å². The molecule has 0 aromatic carbocycles. The topological polar surface area (TPSA) is 201 Å². The summed E-state index contributed by atoms with van der Waals surface area (Å²) in [6.45, 7) is 7.23. The van der Waals surface area contributed by atoms with Crippen LogP contribution >= 0.6 is 24.0 Å². The molecule has 3 saturated heterocycles. The van der Waals surface area contributed by atoms with Crippen molar-refractivity contribution in [1.29, 1.82) is 0 Å². The first kappa shape index (κ1) is 31.3. The van der Waals surface area contributed by atoms with Gasteiger partial charge in [-0.2, -0.15) is 0 Å². The number of carbonyl (C=O) groups excluding carboxylic acids is 5. The number of thiocarbonyl (C=S) groups is 1. The molecule has 1 amide bonds. The number of rotatable bonds is 8. The van der Waals surface area contributed by atoms with Crippen LogP contribution in [-0.4, -0.2) is 115 Å². The lowest BCUT2D eigenvalue weighted by Crippen LogP contribution is -2.76. The van der Waals surface area contributed by atoms with Gasteiger partial charge in [-0.05, 0) is 26.1 Å². The molecule has 3 aliphatic rings. The fourth-order valence-electron chi connectivity index (χ4n) is 5.10. The number of hydrogen-bond donors (Lipinski definition) is 2. The van der Waals surface area contributed by atoms with Crippen LogP contribution in [0.1, 0.15) is 41.5 Å². The number of carbonyl (C=O) groups is 6. The minimum Gasteiger partial charge on any atom is -0.480 e. The highest BCUT2D eigenvalue weighted by Gasteiger charge is 2.67. The highest BCUT2D eigenvalue weighted by atomic mass is 32.2. The summed E-state index contributed by atoms with van der Waals surface area (Å²) in [5.74, 6) is -5.01. The standard InChI is InChI=1S/C23H31N3O12S2/c1-8(27)34-7-12-14(35-9(2)28)15(36-10(3)29)16(37-11(4)30)19(38-12)25(22(24)39)13-18(31)26-17(21(32)33)23(5,6)40-20(13)26/h12-17,19-20H,7H2,1-6H3,(H2,24,39)(H,32,33)/t12-,13-,14-,15+,16-,17+,19-,20-/m1/s1. The van der Waals surface area contributed by atoms with Gasteiger partial charge in [0.05, 0.1) is 0 Å². The van der Waals surface area contributed by atoms with E-state index in [1.807, 2.05) is 0 Å². The van der Waals surface area contributed by atoms with E-state index in [-0.39, 0.29) is 5.11 Å². The van der Waals surface area contributed by atoms with Gasteiger partial charge in [-0.15, -0.1) is 11.8 Å². The summed E-state index contributed by atoms with van der Waals surface area (Å²) in [5.41, 5.74) is 6.07. The number of carboxylic acids is 1. The zero-order valence-electron chi connectivity index (χ0n) is 22.6. The van der Waals surface area contributed by atoms with E-state index < -0.39 is 95.2 Å². The van der Waals surface area contributed by atoms with E-state index in [2.05, 4.69) is 0 Å². The van der Waals surface area contributed by atoms with E-state index in [0.29, 0.717) is 0 Å². The van der Waals surface area contributed by atoms with Crippen molar-refractivity contribution in [1.82, 2.24) is 9.80 Å². The fraction of sp³-hybridized carbons (Fsp3) is 0.696. The first-order chi connectivity index (χ1) is 18.5. The zero-order chi connectivity index (χ0) is 30.3. The van der Waals surface area contributed by atoms with Gasteiger partial charge in [0, 0.05) is 32.4 Å². The number of aliphatic carboxylic acids is 1. The predicted octanol–water partition coefficient (Wildman–Crippen LogP) is -0.869. The van der Waals surface area contributed by atoms with E-state index in [9.17, 15) is 33.9 Å². The number of nitrogens with two attached hydrogens (primary N) is 1. The van der Waals surface area contributed by atoms with Gasteiger partial charge in [0.2, 0.25) is 5.91 Å². The van der Waals surface area contributed by atoms with Crippen LogP contribution in [0, 0.1) is 0 Å². The van der Waals surface area contributed by atoms with Crippen LogP contribution in [0.2, 0.25) is 0 Å². The maximum absolute atomic E-state index is 13.4. The lowest BCUT2D eigenvalue weighted by molar-refractivity contribution is -0.276. The molecule has 3 N–H and O–H groups in total. The van der Waals surface area contributed by atoms with Gasteiger partial charge in [0.1, 0.15) is 30.2 Å². The molecule has 0 aromatic rings. The van der Waals surface area contributed by atoms with Crippen molar-refractivity contribution in [2.24, 2.45) is 5.73 Å². The average molecular weight is 606 g/mol. The summed E-state index contributed by atoms with van der Waals surface area (Å²) in [4.78, 5) is 75.6. The largest absolute Gasteiger partial charge is 0.480 e. The molecule has 0 spiro atoms. The van der Waals surface area contributed by atoms with Gasteiger partial charge in [-0.25, -0.2) is 4.79 Å². The molecule has 0 unspecified atom stereocenters. The number of hydrogen-bond acceptors (Lipinski definition) is 13. The van der Waals surface area contributed by atoms with Crippen LogP contribution in [0.3, 0.4) is 0 Å². The maximum atomic E-state index is 13.4. The zero-order valence-corrected chi connectivity index (χ0v) is 24.2. The van der Waals surface area contributed by atoms with Crippen LogP contribution < -0.4 is 5.73 Å². The molecule has 3 heterocycles. The van der Waals surface area contributed by atoms with Crippen molar-refractivity contribution in [3.05, 3.63) is 0 Å². The van der Waals surface area contributed by atoms with E-state index in [0.717, 1.165) is 32.6 Å². The smallest absolute Gasteiger partial charge is 0.327 e. The SMILES string of the molecule is CC(=O)OC[C@H]1O[C@@H](N(C(N)=S)[C@@H]2C(=O)N3[C@@H]2SC(C)(C)[C@@H]3C(=O)O)[C@H](OC(C)=O)[C@@H](OC(C)=O)[C@@H]1OC(C)=O. The number of amides is 1. The monoisotopic (exact) mass is 605 g/mol. The summed E-state index contributed by atoms with van der Waals surface area (Å²) in [7, 11) is 0. The van der Waals surface area contributed by atoms with Crippen molar-refractivity contribution >= 4 is 64.8 Å². The van der Waals surface area contributed by atoms with Gasteiger partial charge in [0.15, 0.2) is 29.7 Å². The van der Waals surface area contributed by atoms with E-state index in [4.69, 9.17) is 41.6 Å². The van der Waals surface area contributed by atoms with Gasteiger partial charge in [-0.1, -0.05) is 0 Å². The van der Waals surface area contributed by atoms with Crippen LogP contribution in [0.15, 0.2) is 0 Å². The van der Waals surface area contributed by atoms with E-state index in [1.165, 1.54) is 16.7 Å². The number of thioether (sulfide) groups is 1. The van der Waals surface area contributed by atoms with Crippen LogP contribution in [-0.2, 0) is 52.5 Å². The maximum Gasteiger partial charge on any atom is 0.327 e. The lowest BCUT2D eigenvalue weighted by Gasteiger charge is -2.54. The Labute approximate surface area is 238 Å². The first-order valence-corrected chi connectivity index (χ1v) is 13.4. The van der Waals surface area contributed by atoms with Crippen molar-refractivity contribution < 1.29 is 57.6 Å². The van der Waals surface area contributed by atoms with Crippen LogP contribution in [0.25, 0.3) is 0 Å². The van der Waals surface area contributed by atoms with Crippen molar-refractivity contribution in [3.8, 4) is 0 Å². The molecular formula is C23H31N3O12S2. The fourth-order valence-corrected chi connectivity index (χ4v) is 7.00. The van der Waals surface area contributed by atoms with Crippen molar-refractivity contribution in [2.75, 3.05) is 6.61 Å². The predicted molar refractivity (Wildman–Crippen MR) is 138 cm³/mol. The molecule has 17 heteroatoms. The Morgan fingerprint density at radius 3 is 2.00 bits per heavy atom. The van der Waals surface area contributed by atoms with Gasteiger partial charge < -0.3 is 44.3 Å². The number of fused-ring (bicyclic) bond motifs is 1. The van der Waals surface area contributed by atoms with Crippen molar-refractivity contribution in [3.63, 3.8) is 0 Å². The normalized spacial score (nSPS) is 32.1. The quantitative estimate of drug-likeness (QED) is 0.149. The summed E-state index contributed by atoms with van der Waals surface area (Å²) in [5, 5.41) is 8.67. The highest BCUT2D eigenvalue weighted by Crippen LogP contribution is 2.52. The summed E-state index contributed by atoms with van der Waals surface area (Å²) >= 11 is 6.48. The lowest BCUT2D eigenvalue weighted by atomic mass is 9.92. The number of carboxylic acid groups (broad SMARTS) is 1. The van der Waals surface area contributed by atoms with Gasteiger partial charge in [0.25, 0.3) is 0 Å². The Bertz CT molecular complexity index is 1120. The number of nitrogens with zero attached hydrogens (tertiary/aromatic N) is 2. The Morgan fingerprint density at radius 1 is 1.00 bits per heavy atom. The second kappa shape index (κ2) is 11.7. The Balaban J connectivity index is 2.10. The summed E-state index contributed by atoms with van der Waals surface area (Å²) < 4.78 is 26.6. The molecule has 0 aliphatic carbocycles. The third-order valence-electron chi connectivity index (χ3n) is 6.44. The molecule has 222 valence electrons. The second-order valence-electron chi connectivity index (χ2n) is 9.88. The second-order valence-corrected chi connectivity index (χ2v) is 12.1. The van der Waals surface area contributed by atoms with E-state index >= 15 is 0 Å². The average Bonchev–Trinajstić information content (AvgIpc) is 3.05. The van der Waals surface area contributed by atoms with Crippen molar-refractivity contribution in [2.45, 2.75) is 94.4 Å². The number of β-lactam (4-membered cyclic amide) rings is 1. The van der Waals surface area contributed by atoms with Gasteiger partial charge >= 0.3 is 29.8 Å². The molecular weight excluding hydrogens is 574 g/mol. The first-order valence-electron chi connectivity index (χ1n) is 12.1. The molecule has 15 nitrogen and oxygen atoms in total. The van der Waals surface area contributed by atoms with Crippen LogP contribution in [0.4, 0.5) is 0 Å². The molecule has 3 rings (SSSR count). The molecule has 0 aromatic heterocycles. The molecule has 40 heavy (non-hydrogen) atoms. The number of esters is 4. The Kier molecular flexibility index (Phi) is 9.20. The number of ether oxygens (including phenoxy) is 5. The Hall–Kier alpha value is -3.18. The third-order valence-corrected chi connectivity index (χ3v) is 8.21. The molecule has 3 aliphatic heterocycles.